The van der Waals surface area contributed by atoms with Gasteiger partial charge in [-0.1, -0.05) is 0 Å². The molecule has 1 aromatic carbocycles. The van der Waals surface area contributed by atoms with Crippen LogP contribution in [0.25, 0.3) is 22.7 Å². The van der Waals surface area contributed by atoms with E-state index in [0.717, 1.165) is 0 Å². The van der Waals surface area contributed by atoms with E-state index in [1.807, 2.05) is 0 Å². The van der Waals surface area contributed by atoms with Gasteiger partial charge in [0.25, 0.3) is 5.89 Å². The Kier molecular flexibility index (Phi) is 4.53. The molecule has 11 nitrogen and oxygen atoms in total. The van der Waals surface area contributed by atoms with Gasteiger partial charge in [0.15, 0.2) is 5.76 Å². The lowest BCUT2D eigenvalue weighted by atomic mass is 10.3. The van der Waals surface area contributed by atoms with Gasteiger partial charge in [0, 0.05) is 26.2 Å². The van der Waals surface area contributed by atoms with Gasteiger partial charge in [-0.05, 0) is 30.3 Å². The van der Waals surface area contributed by atoms with E-state index in [9.17, 15) is 13.2 Å². The van der Waals surface area contributed by atoms with Crippen molar-refractivity contribution < 1.29 is 17.3 Å². The highest BCUT2D eigenvalue weighted by molar-refractivity contribution is 7.89. The fraction of sp³-hybridized carbons (Fsp3) is 0.278. The van der Waals surface area contributed by atoms with Crippen molar-refractivity contribution >= 4 is 21.1 Å². The molecule has 0 unspecified atom stereocenters. The molecule has 2 N–H and O–H groups in total. The van der Waals surface area contributed by atoms with E-state index >= 15 is 0 Å². The Hall–Kier alpha value is -3.22. The fourth-order valence-electron chi connectivity index (χ4n) is 3.46. The maximum atomic E-state index is 13.0. The number of hydrogen-bond donors (Lipinski definition) is 2. The third kappa shape index (κ3) is 3.44. The van der Waals surface area contributed by atoms with Crippen molar-refractivity contribution in [1.82, 2.24) is 29.4 Å². The van der Waals surface area contributed by atoms with Crippen LogP contribution in [0.4, 0.5) is 0 Å². The van der Waals surface area contributed by atoms with Gasteiger partial charge >= 0.3 is 5.69 Å². The normalized spacial score (nSPS) is 16.4. The number of furan rings is 1. The SMILES string of the molecule is O=c1[nH]c2ccc(S(=O)(=O)N3CCN(Cc4nnc(-c5ccco5)o4)CC3)cc2[nH]1. The molecular weight excluding hydrogens is 412 g/mol. The summed E-state index contributed by atoms with van der Waals surface area (Å²) < 4.78 is 38.3. The van der Waals surface area contributed by atoms with Crippen LogP contribution in [0.1, 0.15) is 5.89 Å². The highest BCUT2D eigenvalue weighted by Crippen LogP contribution is 2.22. The number of H-pyrrole nitrogens is 2. The molecule has 0 bridgehead atoms. The van der Waals surface area contributed by atoms with Gasteiger partial charge in [-0.15, -0.1) is 10.2 Å². The molecule has 0 atom stereocenters. The molecule has 4 heterocycles. The summed E-state index contributed by atoms with van der Waals surface area (Å²) in [4.78, 5) is 18.8. The zero-order valence-corrected chi connectivity index (χ0v) is 16.6. The Morgan fingerprint density at radius 3 is 2.60 bits per heavy atom. The van der Waals surface area contributed by atoms with Gasteiger partial charge in [-0.25, -0.2) is 13.2 Å². The first kappa shape index (κ1) is 18.8. The van der Waals surface area contributed by atoms with Gasteiger partial charge in [-0.3, -0.25) is 4.90 Å². The number of nitrogens with zero attached hydrogens (tertiary/aromatic N) is 4. The predicted molar refractivity (Wildman–Crippen MR) is 105 cm³/mol. The van der Waals surface area contributed by atoms with Crippen molar-refractivity contribution in [2.45, 2.75) is 11.4 Å². The topological polar surface area (TPSA) is 141 Å². The molecule has 0 radical (unpaired) electrons. The first-order valence-electron chi connectivity index (χ1n) is 9.30. The Morgan fingerprint density at radius 2 is 1.83 bits per heavy atom. The maximum Gasteiger partial charge on any atom is 0.323 e. The molecule has 0 spiro atoms. The molecule has 1 aliphatic heterocycles. The molecular formula is C18H18N6O5S. The minimum absolute atomic E-state index is 0.152. The van der Waals surface area contributed by atoms with E-state index in [0.29, 0.717) is 61.3 Å². The number of nitrogens with one attached hydrogen (secondary N) is 2. The summed E-state index contributed by atoms with van der Waals surface area (Å²) in [6.45, 7) is 2.16. The van der Waals surface area contributed by atoms with Gasteiger partial charge in [0.1, 0.15) is 0 Å². The summed E-state index contributed by atoms with van der Waals surface area (Å²) in [5.74, 6) is 1.26. The van der Waals surface area contributed by atoms with Crippen molar-refractivity contribution in [3.05, 3.63) is 53.0 Å². The van der Waals surface area contributed by atoms with Crippen LogP contribution < -0.4 is 5.69 Å². The summed E-state index contributed by atoms with van der Waals surface area (Å²) in [7, 11) is -3.66. The lowest BCUT2D eigenvalue weighted by molar-refractivity contribution is 0.168. The van der Waals surface area contributed by atoms with Crippen molar-refractivity contribution in [1.29, 1.82) is 0 Å². The number of rotatable bonds is 5. The molecule has 12 heteroatoms. The second-order valence-corrected chi connectivity index (χ2v) is 8.88. The summed E-state index contributed by atoms with van der Waals surface area (Å²) in [5, 5.41) is 8.00. The van der Waals surface area contributed by atoms with Gasteiger partial charge in [0.2, 0.25) is 15.9 Å². The predicted octanol–water partition coefficient (Wildman–Crippen LogP) is 1.01. The average Bonchev–Trinajstić information content (AvgIpc) is 3.47. The number of aromatic nitrogens is 4. The smallest absolute Gasteiger partial charge is 0.323 e. The van der Waals surface area contributed by atoms with Crippen LogP contribution in [0.15, 0.2) is 55.1 Å². The first-order chi connectivity index (χ1) is 14.5. The molecule has 156 valence electrons. The van der Waals surface area contributed by atoms with Crippen LogP contribution in [0.5, 0.6) is 0 Å². The van der Waals surface area contributed by atoms with Crippen LogP contribution in [-0.4, -0.2) is 64.0 Å². The second kappa shape index (κ2) is 7.23. The highest BCUT2D eigenvalue weighted by Gasteiger charge is 2.29. The quantitative estimate of drug-likeness (QED) is 0.478. The van der Waals surface area contributed by atoms with Crippen LogP contribution in [0, 0.1) is 0 Å². The van der Waals surface area contributed by atoms with Crippen LogP contribution >= 0.6 is 0 Å². The number of aromatic amines is 2. The Morgan fingerprint density at radius 1 is 1.03 bits per heavy atom. The third-order valence-corrected chi connectivity index (χ3v) is 6.91. The molecule has 1 fully saturated rings. The Labute approximate surface area is 170 Å². The van der Waals surface area contributed by atoms with Crippen molar-refractivity contribution in [2.24, 2.45) is 0 Å². The number of hydrogen-bond acceptors (Lipinski definition) is 8. The summed E-state index contributed by atoms with van der Waals surface area (Å²) in [6, 6.07) is 8.04. The van der Waals surface area contributed by atoms with E-state index in [1.54, 1.807) is 18.2 Å². The fourth-order valence-corrected chi connectivity index (χ4v) is 4.91. The highest BCUT2D eigenvalue weighted by atomic mass is 32.2. The van der Waals surface area contributed by atoms with Gasteiger partial charge < -0.3 is 18.8 Å². The van der Waals surface area contributed by atoms with Gasteiger partial charge in [0.05, 0.1) is 28.7 Å². The summed E-state index contributed by atoms with van der Waals surface area (Å²) >= 11 is 0. The zero-order valence-electron chi connectivity index (χ0n) is 15.7. The van der Waals surface area contributed by atoms with Crippen LogP contribution in [0.3, 0.4) is 0 Å². The van der Waals surface area contributed by atoms with Crippen LogP contribution in [-0.2, 0) is 16.6 Å². The molecule has 1 saturated heterocycles. The Balaban J connectivity index is 1.25. The molecule has 3 aromatic heterocycles. The first-order valence-corrected chi connectivity index (χ1v) is 10.7. The monoisotopic (exact) mass is 430 g/mol. The van der Waals surface area contributed by atoms with E-state index in [-0.39, 0.29) is 10.6 Å². The lowest BCUT2D eigenvalue weighted by Gasteiger charge is -2.33. The summed E-state index contributed by atoms with van der Waals surface area (Å²) in [6.07, 6.45) is 1.53. The molecule has 1 aliphatic rings. The Bertz CT molecular complexity index is 1330. The number of fused-ring (bicyclic) bond motifs is 1. The number of piperazine rings is 1. The lowest BCUT2D eigenvalue weighted by Crippen LogP contribution is -2.48. The van der Waals surface area contributed by atoms with Crippen LogP contribution in [0.2, 0.25) is 0 Å². The molecule has 0 aliphatic carbocycles. The van der Waals surface area contributed by atoms with E-state index in [1.165, 1.54) is 22.7 Å². The zero-order chi connectivity index (χ0) is 20.7. The van der Waals surface area contributed by atoms with Crippen molar-refractivity contribution in [3.63, 3.8) is 0 Å². The van der Waals surface area contributed by atoms with E-state index < -0.39 is 10.0 Å². The number of sulfonamides is 1. The third-order valence-electron chi connectivity index (χ3n) is 5.01. The second-order valence-electron chi connectivity index (χ2n) is 6.95. The molecule has 5 rings (SSSR count). The molecule has 0 saturated carbocycles. The minimum atomic E-state index is -3.66. The van der Waals surface area contributed by atoms with E-state index in [2.05, 4.69) is 25.1 Å². The summed E-state index contributed by atoms with van der Waals surface area (Å²) in [5.41, 5.74) is 0.658. The average molecular weight is 430 g/mol. The molecule has 0 amide bonds. The maximum absolute atomic E-state index is 13.0. The standard InChI is InChI=1S/C18H18N6O5S/c25-18-19-13-4-3-12(10-14(13)20-18)30(26,27)24-7-5-23(6-8-24)11-16-21-22-17(29-16)15-2-1-9-28-15/h1-4,9-10H,5-8,11H2,(H2,19,20,25). The van der Waals surface area contributed by atoms with Gasteiger partial charge in [-0.2, -0.15) is 4.31 Å². The van der Waals surface area contributed by atoms with Crippen molar-refractivity contribution in [2.75, 3.05) is 26.2 Å². The number of benzene rings is 1. The largest absolute Gasteiger partial charge is 0.459 e. The molecule has 30 heavy (non-hydrogen) atoms. The molecule has 4 aromatic rings. The number of imidazole rings is 1. The van der Waals surface area contributed by atoms with Crippen molar-refractivity contribution in [3.8, 4) is 11.7 Å². The minimum Gasteiger partial charge on any atom is -0.459 e. The van der Waals surface area contributed by atoms with E-state index in [4.69, 9.17) is 8.83 Å².